The number of halogens is 1. The second-order valence-corrected chi connectivity index (χ2v) is 6.19. The highest BCUT2D eigenvalue weighted by molar-refractivity contribution is 6.31. The smallest absolute Gasteiger partial charge is 0.273 e. The molecule has 1 atom stereocenters. The Hall–Kier alpha value is -2.18. The van der Waals surface area contributed by atoms with Crippen LogP contribution in [0.4, 0.5) is 5.82 Å². The van der Waals surface area contributed by atoms with Crippen LogP contribution in [0.1, 0.15) is 34.9 Å². The highest BCUT2D eigenvalue weighted by Gasteiger charge is 2.26. The van der Waals surface area contributed by atoms with Crippen molar-refractivity contribution >= 4 is 23.3 Å². The van der Waals surface area contributed by atoms with E-state index >= 15 is 0 Å². The number of nitrogens with two attached hydrogens (primary N) is 1. The number of carbonyl (C=O) groups excluding carboxylic acids is 1. The molecule has 2 aromatic rings. The lowest BCUT2D eigenvalue weighted by molar-refractivity contribution is 0.0933. The van der Waals surface area contributed by atoms with Crippen LogP contribution >= 0.6 is 11.6 Å². The first-order valence-corrected chi connectivity index (χ1v) is 8.38. The molecule has 1 aliphatic heterocycles. The third-order valence-electron chi connectivity index (χ3n) is 4.24. The Morgan fingerprint density at radius 3 is 2.67 bits per heavy atom. The molecule has 126 valence electrons. The second-order valence-electron chi connectivity index (χ2n) is 5.78. The Labute approximate surface area is 146 Å². The third-order valence-corrected chi connectivity index (χ3v) is 4.59. The zero-order chi connectivity index (χ0) is 16.9. The molecule has 0 aliphatic carbocycles. The lowest BCUT2D eigenvalue weighted by Gasteiger charge is -2.28. The molecule has 3 rings (SSSR count). The molecule has 2 heterocycles. The normalized spacial score (nSPS) is 16.0. The molecule has 0 saturated carbocycles. The maximum Gasteiger partial charge on any atom is 0.273 e. The minimum atomic E-state index is -0.322. The molecule has 3 N–H and O–H groups in total. The van der Waals surface area contributed by atoms with E-state index in [0.29, 0.717) is 11.6 Å². The lowest BCUT2D eigenvalue weighted by atomic mass is 10.1. The summed E-state index contributed by atoms with van der Waals surface area (Å²) in [7, 11) is 0. The van der Waals surface area contributed by atoms with Crippen LogP contribution in [0.25, 0.3) is 0 Å². The number of amides is 1. The number of aromatic nitrogens is 2. The van der Waals surface area contributed by atoms with E-state index in [1.807, 2.05) is 24.3 Å². The number of nitrogens with one attached hydrogen (secondary N) is 1. The Morgan fingerprint density at radius 2 is 1.96 bits per heavy atom. The van der Waals surface area contributed by atoms with Crippen LogP contribution in [0, 0.1) is 0 Å². The summed E-state index contributed by atoms with van der Waals surface area (Å²) in [6.45, 7) is 2.44. The predicted octanol–water partition coefficient (Wildman–Crippen LogP) is 2.28. The molecule has 7 heteroatoms. The van der Waals surface area contributed by atoms with Gasteiger partial charge in [-0.25, -0.2) is 9.97 Å². The number of benzene rings is 1. The molecule has 0 radical (unpaired) electrons. The molecule has 0 spiro atoms. The van der Waals surface area contributed by atoms with Crippen molar-refractivity contribution < 1.29 is 4.79 Å². The Morgan fingerprint density at radius 1 is 1.25 bits per heavy atom. The maximum absolute atomic E-state index is 12.4. The molecule has 1 aliphatic rings. The molecule has 0 unspecified atom stereocenters. The van der Waals surface area contributed by atoms with Crippen molar-refractivity contribution in [3.63, 3.8) is 0 Å². The van der Waals surface area contributed by atoms with Crippen LogP contribution in [-0.4, -0.2) is 40.4 Å². The van der Waals surface area contributed by atoms with E-state index in [1.54, 1.807) is 0 Å². The van der Waals surface area contributed by atoms with Gasteiger partial charge in [-0.05, 0) is 37.6 Å². The predicted molar refractivity (Wildman–Crippen MR) is 93.8 cm³/mol. The SMILES string of the molecule is Nc1nccnc1C(=O)NC[C@@H](c1ccccc1Cl)N1CCCC1. The average Bonchev–Trinajstić information content (AvgIpc) is 3.11. The molecule has 24 heavy (non-hydrogen) atoms. The van der Waals surface area contributed by atoms with Gasteiger partial charge in [-0.15, -0.1) is 0 Å². The monoisotopic (exact) mass is 345 g/mol. The summed E-state index contributed by atoms with van der Waals surface area (Å²) in [5, 5.41) is 3.63. The first-order valence-electron chi connectivity index (χ1n) is 8.00. The van der Waals surface area contributed by atoms with Gasteiger partial charge in [0.25, 0.3) is 5.91 Å². The summed E-state index contributed by atoms with van der Waals surface area (Å²) < 4.78 is 0. The number of carbonyl (C=O) groups is 1. The first kappa shape index (κ1) is 16.7. The summed E-state index contributed by atoms with van der Waals surface area (Å²) in [4.78, 5) is 22.6. The fraction of sp³-hybridized carbons (Fsp3) is 0.353. The fourth-order valence-corrected chi connectivity index (χ4v) is 3.29. The van der Waals surface area contributed by atoms with Crippen molar-refractivity contribution in [2.24, 2.45) is 0 Å². The van der Waals surface area contributed by atoms with Crippen molar-refractivity contribution in [3.05, 3.63) is 52.9 Å². The largest absolute Gasteiger partial charge is 0.382 e. The second kappa shape index (κ2) is 7.59. The Bertz CT molecular complexity index is 718. The van der Waals surface area contributed by atoms with Crippen LogP contribution in [0.5, 0.6) is 0 Å². The van der Waals surface area contributed by atoms with Crippen molar-refractivity contribution in [3.8, 4) is 0 Å². The summed E-state index contributed by atoms with van der Waals surface area (Å²) in [5.74, 6) is -0.192. The number of hydrogen-bond acceptors (Lipinski definition) is 5. The van der Waals surface area contributed by atoms with Gasteiger partial charge in [0.15, 0.2) is 11.5 Å². The molecule has 1 aromatic carbocycles. The van der Waals surface area contributed by atoms with Gasteiger partial charge in [-0.2, -0.15) is 0 Å². The molecule has 1 saturated heterocycles. The van der Waals surface area contributed by atoms with E-state index in [9.17, 15) is 4.79 Å². The minimum absolute atomic E-state index is 0.0306. The summed E-state index contributed by atoms with van der Waals surface area (Å²) in [5.41, 5.74) is 6.89. The molecule has 0 bridgehead atoms. The quantitative estimate of drug-likeness (QED) is 0.868. The van der Waals surface area contributed by atoms with Crippen molar-refractivity contribution in [2.75, 3.05) is 25.4 Å². The molecular weight excluding hydrogens is 326 g/mol. The third kappa shape index (κ3) is 3.66. The van der Waals surface area contributed by atoms with Gasteiger partial charge in [0.2, 0.25) is 0 Å². The van der Waals surface area contributed by atoms with Gasteiger partial charge in [0.1, 0.15) is 0 Å². The van der Waals surface area contributed by atoms with Crippen LogP contribution in [-0.2, 0) is 0 Å². The summed E-state index contributed by atoms with van der Waals surface area (Å²) in [6.07, 6.45) is 5.23. The number of nitrogen functional groups attached to an aromatic ring is 1. The zero-order valence-electron chi connectivity index (χ0n) is 13.3. The summed E-state index contributed by atoms with van der Waals surface area (Å²) >= 11 is 6.37. The van der Waals surface area contributed by atoms with Crippen molar-refractivity contribution in [2.45, 2.75) is 18.9 Å². The van der Waals surface area contributed by atoms with Crippen LogP contribution < -0.4 is 11.1 Å². The molecule has 1 amide bonds. The molecule has 6 nitrogen and oxygen atoms in total. The Kier molecular flexibility index (Phi) is 5.27. The van der Waals surface area contributed by atoms with Gasteiger partial charge < -0.3 is 11.1 Å². The highest BCUT2D eigenvalue weighted by atomic mass is 35.5. The van der Waals surface area contributed by atoms with E-state index in [1.165, 1.54) is 12.4 Å². The van der Waals surface area contributed by atoms with E-state index in [4.69, 9.17) is 17.3 Å². The zero-order valence-corrected chi connectivity index (χ0v) is 14.0. The molecular formula is C17H20ClN5O. The average molecular weight is 346 g/mol. The van der Waals surface area contributed by atoms with E-state index < -0.39 is 0 Å². The first-order chi connectivity index (χ1) is 11.7. The number of nitrogens with zero attached hydrogens (tertiary/aromatic N) is 3. The number of rotatable bonds is 5. The van der Waals surface area contributed by atoms with E-state index in [-0.39, 0.29) is 23.5 Å². The van der Waals surface area contributed by atoms with Crippen LogP contribution in [0.2, 0.25) is 5.02 Å². The van der Waals surface area contributed by atoms with Gasteiger partial charge in [-0.1, -0.05) is 29.8 Å². The minimum Gasteiger partial charge on any atom is -0.382 e. The number of hydrogen-bond donors (Lipinski definition) is 2. The lowest BCUT2D eigenvalue weighted by Crippen LogP contribution is -2.37. The van der Waals surface area contributed by atoms with Gasteiger partial charge in [0, 0.05) is 24.0 Å². The fourth-order valence-electron chi connectivity index (χ4n) is 3.03. The summed E-state index contributed by atoms with van der Waals surface area (Å²) in [6, 6.07) is 7.79. The van der Waals surface area contributed by atoms with Gasteiger partial charge in [-0.3, -0.25) is 9.69 Å². The van der Waals surface area contributed by atoms with E-state index in [0.717, 1.165) is 31.5 Å². The number of likely N-dealkylation sites (tertiary alicyclic amines) is 1. The highest BCUT2D eigenvalue weighted by Crippen LogP contribution is 2.29. The topological polar surface area (TPSA) is 84.1 Å². The van der Waals surface area contributed by atoms with Crippen LogP contribution in [0.15, 0.2) is 36.7 Å². The van der Waals surface area contributed by atoms with Crippen molar-refractivity contribution in [1.29, 1.82) is 0 Å². The van der Waals surface area contributed by atoms with Gasteiger partial charge >= 0.3 is 0 Å². The maximum atomic E-state index is 12.4. The van der Waals surface area contributed by atoms with Crippen LogP contribution in [0.3, 0.4) is 0 Å². The van der Waals surface area contributed by atoms with Gasteiger partial charge in [0.05, 0.1) is 6.04 Å². The van der Waals surface area contributed by atoms with E-state index in [2.05, 4.69) is 20.2 Å². The Balaban J connectivity index is 1.76. The standard InChI is InChI=1S/C17H20ClN5O/c18-13-6-2-1-5-12(13)14(23-9-3-4-10-23)11-22-17(24)15-16(19)21-8-7-20-15/h1-2,5-8,14H,3-4,9-11H2,(H2,19,21)(H,22,24)/t14-/m0/s1. The van der Waals surface area contributed by atoms with Crippen molar-refractivity contribution in [1.82, 2.24) is 20.2 Å². The number of anilines is 1. The molecule has 1 fully saturated rings. The molecule has 1 aromatic heterocycles.